The van der Waals surface area contributed by atoms with Gasteiger partial charge in [0.25, 0.3) is 0 Å². The summed E-state index contributed by atoms with van der Waals surface area (Å²) < 4.78 is 0. The van der Waals surface area contributed by atoms with E-state index in [9.17, 15) is 4.79 Å². The topological polar surface area (TPSA) is 33.2 Å². The molecule has 3 nitrogen and oxygen atoms in total. The van der Waals surface area contributed by atoms with Crippen LogP contribution in [0.1, 0.15) is 57.7 Å². The first-order valence-corrected chi connectivity index (χ1v) is 8.67. The normalized spacial score (nSPS) is 20.2. The number of nitrogens with zero attached hydrogens (tertiary/aromatic N) is 2. The molecule has 2 heterocycles. The van der Waals surface area contributed by atoms with Crippen molar-refractivity contribution in [3.8, 4) is 0 Å². The van der Waals surface area contributed by atoms with Gasteiger partial charge in [-0.05, 0) is 55.7 Å². The second kappa shape index (κ2) is 6.02. The molecule has 0 spiro atoms. The molecule has 1 amide bonds. The van der Waals surface area contributed by atoms with Crippen molar-refractivity contribution in [2.45, 2.75) is 58.3 Å². The van der Waals surface area contributed by atoms with Crippen LogP contribution in [0.3, 0.4) is 0 Å². The van der Waals surface area contributed by atoms with Crippen molar-refractivity contribution in [1.29, 1.82) is 0 Å². The lowest BCUT2D eigenvalue weighted by Gasteiger charge is -2.32. The molecule has 1 aromatic rings. The minimum Gasteiger partial charge on any atom is -0.342 e. The molecule has 0 radical (unpaired) electrons. The van der Waals surface area contributed by atoms with Crippen molar-refractivity contribution in [3.63, 3.8) is 0 Å². The first kappa shape index (κ1) is 15.5. The molecule has 1 saturated heterocycles. The Morgan fingerprint density at radius 1 is 1.23 bits per heavy atom. The third-order valence-corrected chi connectivity index (χ3v) is 4.97. The number of amides is 1. The summed E-state index contributed by atoms with van der Waals surface area (Å²) in [6.45, 7) is 8.54. The van der Waals surface area contributed by atoms with E-state index in [1.807, 2.05) is 6.20 Å². The molecule has 0 bridgehead atoms. The van der Waals surface area contributed by atoms with Gasteiger partial charge >= 0.3 is 0 Å². The summed E-state index contributed by atoms with van der Waals surface area (Å²) in [5.41, 5.74) is 2.68. The van der Waals surface area contributed by atoms with Gasteiger partial charge in [-0.2, -0.15) is 0 Å². The van der Waals surface area contributed by atoms with Crippen LogP contribution in [0.25, 0.3) is 0 Å². The van der Waals surface area contributed by atoms with Gasteiger partial charge in [0.2, 0.25) is 5.91 Å². The van der Waals surface area contributed by atoms with Gasteiger partial charge in [0.15, 0.2) is 0 Å². The lowest BCUT2D eigenvalue weighted by atomic mass is 9.87. The zero-order valence-corrected chi connectivity index (χ0v) is 14.1. The van der Waals surface area contributed by atoms with Crippen LogP contribution < -0.4 is 0 Å². The Labute approximate surface area is 134 Å². The van der Waals surface area contributed by atoms with Gasteiger partial charge in [-0.25, -0.2) is 0 Å². The predicted octanol–water partition coefficient (Wildman–Crippen LogP) is 3.57. The Balaban J connectivity index is 1.55. The Morgan fingerprint density at radius 3 is 2.50 bits per heavy atom. The van der Waals surface area contributed by atoms with E-state index < -0.39 is 0 Å². The van der Waals surface area contributed by atoms with Crippen LogP contribution in [0.5, 0.6) is 0 Å². The average Bonchev–Trinajstić information content (AvgIpc) is 3.31. The van der Waals surface area contributed by atoms with E-state index in [0.29, 0.717) is 17.7 Å². The maximum atomic E-state index is 12.1. The van der Waals surface area contributed by atoms with Gasteiger partial charge < -0.3 is 4.90 Å². The molecule has 0 aromatic carbocycles. The summed E-state index contributed by atoms with van der Waals surface area (Å²) in [5, 5.41) is 0. The number of likely N-dealkylation sites (tertiary alicyclic amines) is 1. The summed E-state index contributed by atoms with van der Waals surface area (Å²) in [7, 11) is 0. The number of aromatic nitrogens is 1. The Bertz CT molecular complexity index is 535. The predicted molar refractivity (Wildman–Crippen MR) is 88.7 cm³/mol. The molecule has 0 unspecified atom stereocenters. The molecule has 0 N–H and O–H groups in total. The van der Waals surface area contributed by atoms with Crippen LogP contribution in [0.2, 0.25) is 0 Å². The molecule has 2 fully saturated rings. The molecule has 1 aliphatic carbocycles. The molecule has 120 valence electrons. The molecule has 1 aliphatic heterocycles. The molecular formula is C19H28N2O. The monoisotopic (exact) mass is 300 g/mol. The third-order valence-electron chi connectivity index (χ3n) is 4.97. The van der Waals surface area contributed by atoms with Crippen molar-refractivity contribution in [1.82, 2.24) is 9.88 Å². The number of piperidine rings is 1. The molecule has 3 rings (SSSR count). The molecular weight excluding hydrogens is 272 g/mol. The SMILES string of the molecule is CC(C)(C)c1cc(CC2CCN(C(=O)C3CC3)CC2)ccn1. The van der Waals surface area contributed by atoms with E-state index in [0.717, 1.165) is 45.2 Å². The second-order valence-electron chi connectivity index (χ2n) is 8.05. The smallest absolute Gasteiger partial charge is 0.225 e. The van der Waals surface area contributed by atoms with Crippen LogP contribution in [0.15, 0.2) is 18.3 Å². The van der Waals surface area contributed by atoms with Gasteiger partial charge in [0, 0.05) is 36.3 Å². The van der Waals surface area contributed by atoms with Gasteiger partial charge in [0.05, 0.1) is 0 Å². The Morgan fingerprint density at radius 2 is 1.91 bits per heavy atom. The molecule has 3 heteroatoms. The summed E-state index contributed by atoms with van der Waals surface area (Å²) in [6, 6.07) is 4.42. The quantitative estimate of drug-likeness (QED) is 0.855. The third kappa shape index (κ3) is 3.68. The van der Waals surface area contributed by atoms with Crippen LogP contribution in [0, 0.1) is 11.8 Å². The van der Waals surface area contributed by atoms with Crippen LogP contribution in [0.4, 0.5) is 0 Å². The van der Waals surface area contributed by atoms with Crippen molar-refractivity contribution < 1.29 is 4.79 Å². The molecule has 2 aliphatic rings. The molecule has 0 atom stereocenters. The van der Waals surface area contributed by atoms with E-state index in [4.69, 9.17) is 0 Å². The van der Waals surface area contributed by atoms with Crippen molar-refractivity contribution >= 4 is 5.91 Å². The standard InChI is InChI=1S/C19H28N2O/c1-19(2,3)17-13-15(6-9-20-17)12-14-7-10-21(11-8-14)18(22)16-4-5-16/h6,9,13-14,16H,4-5,7-8,10-12H2,1-3H3. The van der Waals surface area contributed by atoms with Gasteiger partial charge in [-0.1, -0.05) is 20.8 Å². The number of carbonyl (C=O) groups excluding carboxylic acids is 1. The van der Waals surface area contributed by atoms with Crippen molar-refractivity contribution in [2.24, 2.45) is 11.8 Å². The van der Waals surface area contributed by atoms with E-state index in [1.54, 1.807) is 0 Å². The maximum Gasteiger partial charge on any atom is 0.225 e. The first-order chi connectivity index (χ1) is 10.4. The first-order valence-electron chi connectivity index (χ1n) is 8.67. The van der Waals surface area contributed by atoms with Crippen LogP contribution in [-0.4, -0.2) is 28.9 Å². The highest BCUT2D eigenvalue weighted by Crippen LogP contribution is 2.33. The van der Waals surface area contributed by atoms with Gasteiger partial charge in [-0.3, -0.25) is 9.78 Å². The van der Waals surface area contributed by atoms with Gasteiger partial charge in [-0.15, -0.1) is 0 Å². The Kier molecular flexibility index (Phi) is 4.24. The lowest BCUT2D eigenvalue weighted by Crippen LogP contribution is -2.39. The number of pyridine rings is 1. The minimum atomic E-state index is 0.107. The number of rotatable bonds is 3. The molecule has 22 heavy (non-hydrogen) atoms. The number of hydrogen-bond acceptors (Lipinski definition) is 2. The summed E-state index contributed by atoms with van der Waals surface area (Å²) in [6.07, 6.45) is 7.59. The summed E-state index contributed by atoms with van der Waals surface area (Å²) in [5.74, 6) is 1.49. The largest absolute Gasteiger partial charge is 0.342 e. The number of carbonyl (C=O) groups is 1. The zero-order valence-electron chi connectivity index (χ0n) is 14.1. The van der Waals surface area contributed by atoms with Crippen molar-refractivity contribution in [2.75, 3.05) is 13.1 Å². The average molecular weight is 300 g/mol. The zero-order chi connectivity index (χ0) is 15.7. The van der Waals surface area contributed by atoms with E-state index in [-0.39, 0.29) is 5.41 Å². The maximum absolute atomic E-state index is 12.1. The molecule has 1 saturated carbocycles. The fraction of sp³-hybridized carbons (Fsp3) is 0.684. The minimum absolute atomic E-state index is 0.107. The van der Waals surface area contributed by atoms with Gasteiger partial charge in [0.1, 0.15) is 0 Å². The van der Waals surface area contributed by atoms with E-state index in [1.165, 1.54) is 11.3 Å². The fourth-order valence-corrected chi connectivity index (χ4v) is 3.29. The second-order valence-corrected chi connectivity index (χ2v) is 8.05. The fourth-order valence-electron chi connectivity index (χ4n) is 3.29. The molecule has 1 aromatic heterocycles. The highest BCUT2D eigenvalue weighted by Gasteiger charge is 2.34. The van der Waals surface area contributed by atoms with Crippen LogP contribution >= 0.6 is 0 Å². The van der Waals surface area contributed by atoms with E-state index >= 15 is 0 Å². The summed E-state index contributed by atoms with van der Waals surface area (Å²) >= 11 is 0. The highest BCUT2D eigenvalue weighted by atomic mass is 16.2. The van der Waals surface area contributed by atoms with Crippen molar-refractivity contribution in [3.05, 3.63) is 29.6 Å². The lowest BCUT2D eigenvalue weighted by molar-refractivity contribution is -0.133. The summed E-state index contributed by atoms with van der Waals surface area (Å²) in [4.78, 5) is 18.7. The highest BCUT2D eigenvalue weighted by molar-refractivity contribution is 5.81. The van der Waals surface area contributed by atoms with E-state index in [2.05, 4.69) is 42.8 Å². The Hall–Kier alpha value is -1.38. The number of hydrogen-bond donors (Lipinski definition) is 0. The van der Waals surface area contributed by atoms with Crippen LogP contribution in [-0.2, 0) is 16.6 Å².